The van der Waals surface area contributed by atoms with Crippen molar-refractivity contribution in [3.8, 4) is 11.5 Å². The summed E-state index contributed by atoms with van der Waals surface area (Å²) in [4.78, 5) is 10.9. The largest absolute Gasteiger partial charge is 0.337 e. The number of halogens is 1. The Labute approximate surface area is 145 Å². The third kappa shape index (κ3) is 3.44. The summed E-state index contributed by atoms with van der Waals surface area (Å²) in [6.45, 7) is 3.95. The molecule has 0 aliphatic carbocycles. The van der Waals surface area contributed by atoms with E-state index in [-0.39, 0.29) is 11.9 Å². The van der Waals surface area contributed by atoms with Gasteiger partial charge in [0.2, 0.25) is 11.7 Å². The number of likely N-dealkylation sites (tertiary alicyclic amines) is 1. The number of pyridine rings is 1. The van der Waals surface area contributed by atoms with Crippen LogP contribution in [-0.2, 0) is 6.54 Å². The van der Waals surface area contributed by atoms with Gasteiger partial charge in [-0.3, -0.25) is 4.90 Å². The first-order valence-corrected chi connectivity index (χ1v) is 8.44. The van der Waals surface area contributed by atoms with E-state index >= 15 is 0 Å². The van der Waals surface area contributed by atoms with E-state index in [0.29, 0.717) is 17.4 Å². The molecule has 2 aromatic heterocycles. The highest BCUT2D eigenvalue weighted by molar-refractivity contribution is 5.47. The van der Waals surface area contributed by atoms with Gasteiger partial charge in [-0.25, -0.2) is 9.37 Å². The summed E-state index contributed by atoms with van der Waals surface area (Å²) in [6, 6.07) is 11.6. The number of hydrogen-bond donors (Lipinski definition) is 0. The molecule has 128 valence electrons. The van der Waals surface area contributed by atoms with Crippen LogP contribution in [0.25, 0.3) is 11.5 Å². The molecule has 3 aromatic rings. The zero-order valence-corrected chi connectivity index (χ0v) is 14.0. The normalized spacial score (nSPS) is 17.9. The van der Waals surface area contributed by atoms with E-state index in [2.05, 4.69) is 51.2 Å². The Morgan fingerprint density at radius 2 is 2.04 bits per heavy atom. The molecule has 0 amide bonds. The Morgan fingerprint density at radius 1 is 1.20 bits per heavy atom. The number of rotatable bonds is 4. The first-order chi connectivity index (χ1) is 12.2. The molecular formula is C19H19FN4O. The zero-order chi connectivity index (χ0) is 17.2. The third-order valence-corrected chi connectivity index (χ3v) is 4.55. The molecule has 1 aromatic carbocycles. The zero-order valence-electron chi connectivity index (χ0n) is 14.0. The van der Waals surface area contributed by atoms with E-state index < -0.39 is 0 Å². The lowest BCUT2D eigenvalue weighted by molar-refractivity contribution is 0.201. The van der Waals surface area contributed by atoms with E-state index in [1.54, 1.807) is 6.07 Å². The fourth-order valence-electron chi connectivity index (χ4n) is 3.21. The molecule has 0 N–H and O–H groups in total. The molecule has 0 saturated carbocycles. The second-order valence-electron chi connectivity index (χ2n) is 6.43. The smallest absolute Gasteiger partial charge is 0.244 e. The maximum absolute atomic E-state index is 13.0. The minimum atomic E-state index is -0.382. The van der Waals surface area contributed by atoms with Gasteiger partial charge in [-0.2, -0.15) is 4.98 Å². The molecule has 1 fully saturated rings. The molecule has 5 nitrogen and oxygen atoms in total. The first-order valence-electron chi connectivity index (χ1n) is 8.44. The molecule has 0 spiro atoms. The summed E-state index contributed by atoms with van der Waals surface area (Å²) in [6.07, 6.45) is 3.25. The Morgan fingerprint density at radius 3 is 2.80 bits per heavy atom. The highest BCUT2D eigenvalue weighted by atomic mass is 19.1. The third-order valence-electron chi connectivity index (χ3n) is 4.55. The first kappa shape index (κ1) is 15.9. The minimum Gasteiger partial charge on any atom is -0.337 e. The SMILES string of the molecule is Cc1ccc(CN2CCC[C@H]2c2nc(-c3ccc(F)cn3)no2)cc1. The maximum Gasteiger partial charge on any atom is 0.244 e. The monoisotopic (exact) mass is 338 g/mol. The van der Waals surface area contributed by atoms with Crippen LogP contribution in [0.4, 0.5) is 4.39 Å². The number of benzene rings is 1. The standard InChI is InChI=1S/C19H19FN4O/c1-13-4-6-14(7-5-13)12-24-10-2-3-17(24)19-22-18(23-25-19)16-9-8-15(20)11-21-16/h4-9,11,17H,2-3,10,12H2,1H3/t17-/m0/s1. The summed E-state index contributed by atoms with van der Waals surface area (Å²) >= 11 is 0. The second-order valence-corrected chi connectivity index (χ2v) is 6.43. The van der Waals surface area contributed by atoms with Crippen LogP contribution in [0.3, 0.4) is 0 Å². The molecule has 1 saturated heterocycles. The summed E-state index contributed by atoms with van der Waals surface area (Å²) in [5.74, 6) is 0.621. The molecule has 0 radical (unpaired) electrons. The van der Waals surface area contributed by atoms with Crippen LogP contribution in [0.1, 0.15) is 35.9 Å². The molecule has 1 aliphatic rings. The highest BCUT2D eigenvalue weighted by Gasteiger charge is 2.30. The summed E-state index contributed by atoms with van der Waals surface area (Å²) < 4.78 is 18.5. The lowest BCUT2D eigenvalue weighted by Crippen LogP contribution is -2.23. The highest BCUT2D eigenvalue weighted by Crippen LogP contribution is 2.33. The summed E-state index contributed by atoms with van der Waals surface area (Å²) in [7, 11) is 0. The van der Waals surface area contributed by atoms with Crippen molar-refractivity contribution in [2.75, 3.05) is 6.54 Å². The number of aromatic nitrogens is 3. The average molecular weight is 338 g/mol. The van der Waals surface area contributed by atoms with Gasteiger partial charge in [-0.05, 0) is 44.0 Å². The van der Waals surface area contributed by atoms with Gasteiger partial charge in [0.25, 0.3) is 0 Å². The van der Waals surface area contributed by atoms with Gasteiger partial charge in [-0.15, -0.1) is 0 Å². The fraction of sp³-hybridized carbons (Fsp3) is 0.316. The minimum absolute atomic E-state index is 0.114. The van der Waals surface area contributed by atoms with Crippen molar-refractivity contribution in [3.05, 3.63) is 65.4 Å². The molecule has 4 rings (SSSR count). The molecule has 1 atom stereocenters. The van der Waals surface area contributed by atoms with E-state index in [0.717, 1.165) is 32.1 Å². The molecule has 25 heavy (non-hydrogen) atoms. The van der Waals surface area contributed by atoms with Gasteiger partial charge in [0, 0.05) is 6.54 Å². The molecule has 3 heterocycles. The van der Waals surface area contributed by atoms with Crippen molar-refractivity contribution < 1.29 is 8.91 Å². The van der Waals surface area contributed by atoms with Gasteiger partial charge in [-0.1, -0.05) is 35.0 Å². The van der Waals surface area contributed by atoms with Crippen molar-refractivity contribution in [1.29, 1.82) is 0 Å². The predicted octanol–water partition coefficient (Wildman–Crippen LogP) is 3.92. The van der Waals surface area contributed by atoms with Gasteiger partial charge < -0.3 is 4.52 Å². The summed E-state index contributed by atoms with van der Waals surface area (Å²) in [5, 5.41) is 4.02. The van der Waals surface area contributed by atoms with Crippen LogP contribution in [0.15, 0.2) is 47.1 Å². The molecule has 6 heteroatoms. The number of hydrogen-bond acceptors (Lipinski definition) is 5. The molecule has 0 unspecified atom stereocenters. The molecule has 0 bridgehead atoms. The Hall–Kier alpha value is -2.60. The van der Waals surface area contributed by atoms with Crippen LogP contribution in [-0.4, -0.2) is 26.6 Å². The lowest BCUT2D eigenvalue weighted by atomic mass is 10.1. The van der Waals surface area contributed by atoms with Crippen LogP contribution < -0.4 is 0 Å². The maximum atomic E-state index is 13.0. The molecular weight excluding hydrogens is 319 g/mol. The average Bonchev–Trinajstić information content (AvgIpc) is 3.27. The van der Waals surface area contributed by atoms with Gasteiger partial charge in [0.15, 0.2) is 0 Å². The lowest BCUT2D eigenvalue weighted by Gasteiger charge is -2.21. The Kier molecular flexibility index (Phi) is 4.28. The van der Waals surface area contributed by atoms with Crippen molar-refractivity contribution in [1.82, 2.24) is 20.0 Å². The van der Waals surface area contributed by atoms with Crippen molar-refractivity contribution >= 4 is 0 Å². The fourth-order valence-corrected chi connectivity index (χ4v) is 3.21. The van der Waals surface area contributed by atoms with E-state index in [9.17, 15) is 4.39 Å². The van der Waals surface area contributed by atoms with Gasteiger partial charge in [0.05, 0.1) is 12.2 Å². The van der Waals surface area contributed by atoms with Crippen LogP contribution in [0, 0.1) is 12.7 Å². The second kappa shape index (κ2) is 6.72. The van der Waals surface area contributed by atoms with Gasteiger partial charge in [0.1, 0.15) is 11.5 Å². The van der Waals surface area contributed by atoms with Crippen LogP contribution in [0.2, 0.25) is 0 Å². The molecule has 1 aliphatic heterocycles. The van der Waals surface area contributed by atoms with Crippen LogP contribution >= 0.6 is 0 Å². The van der Waals surface area contributed by atoms with Crippen LogP contribution in [0.5, 0.6) is 0 Å². The van der Waals surface area contributed by atoms with E-state index in [4.69, 9.17) is 4.52 Å². The topological polar surface area (TPSA) is 55.1 Å². The quantitative estimate of drug-likeness (QED) is 0.722. The van der Waals surface area contributed by atoms with E-state index in [1.807, 2.05) is 0 Å². The van der Waals surface area contributed by atoms with Crippen molar-refractivity contribution in [2.24, 2.45) is 0 Å². The van der Waals surface area contributed by atoms with Gasteiger partial charge >= 0.3 is 0 Å². The van der Waals surface area contributed by atoms with Crippen molar-refractivity contribution in [3.63, 3.8) is 0 Å². The number of nitrogens with zero attached hydrogens (tertiary/aromatic N) is 4. The Balaban J connectivity index is 1.52. The Bertz CT molecular complexity index is 845. The predicted molar refractivity (Wildman–Crippen MR) is 91.1 cm³/mol. The van der Waals surface area contributed by atoms with E-state index in [1.165, 1.54) is 17.2 Å². The summed E-state index contributed by atoms with van der Waals surface area (Å²) in [5.41, 5.74) is 3.05. The van der Waals surface area contributed by atoms with Crippen molar-refractivity contribution in [2.45, 2.75) is 32.4 Å². The number of aryl methyl sites for hydroxylation is 1.